The Kier molecular flexibility index (Phi) is 5.00. The lowest BCUT2D eigenvalue weighted by Crippen LogP contribution is -2.31. The third kappa shape index (κ3) is 3.82. The van der Waals surface area contributed by atoms with Crippen LogP contribution in [0.1, 0.15) is 36.6 Å². The number of carbonyl (C=O) groups is 1. The zero-order valence-electron chi connectivity index (χ0n) is 11.1. The molecule has 19 heavy (non-hydrogen) atoms. The highest BCUT2D eigenvalue weighted by Crippen LogP contribution is 2.31. The molecule has 1 aromatic heterocycles. The maximum absolute atomic E-state index is 12.0. The van der Waals surface area contributed by atoms with Crippen molar-refractivity contribution in [3.05, 3.63) is 21.9 Å². The minimum Gasteiger partial charge on any atom is -0.384 e. The zero-order valence-corrected chi connectivity index (χ0v) is 11.9. The maximum atomic E-state index is 12.0. The molecule has 0 spiro atoms. The molecule has 0 saturated heterocycles. The third-order valence-electron chi connectivity index (χ3n) is 3.60. The van der Waals surface area contributed by atoms with Crippen molar-refractivity contribution in [1.29, 1.82) is 0 Å². The van der Waals surface area contributed by atoms with Crippen LogP contribution < -0.4 is 5.32 Å². The summed E-state index contributed by atoms with van der Waals surface area (Å²) in [4.78, 5) is 13.1. The van der Waals surface area contributed by atoms with E-state index in [0.29, 0.717) is 12.5 Å². The fourth-order valence-corrected chi connectivity index (χ4v) is 3.28. The monoisotopic (exact) mass is 277 g/mol. The van der Waals surface area contributed by atoms with Crippen LogP contribution >= 0.6 is 11.3 Å². The Bertz CT molecular complexity index is 498. The number of amides is 1. The van der Waals surface area contributed by atoms with Crippen LogP contribution in [0.25, 0.3) is 0 Å². The summed E-state index contributed by atoms with van der Waals surface area (Å²) in [6.45, 7) is 2.61. The van der Waals surface area contributed by atoms with Crippen LogP contribution in [-0.4, -0.2) is 17.6 Å². The molecule has 102 valence electrons. The van der Waals surface area contributed by atoms with Crippen molar-refractivity contribution in [1.82, 2.24) is 5.32 Å². The van der Waals surface area contributed by atoms with Crippen LogP contribution in [0.15, 0.2) is 11.4 Å². The lowest BCUT2D eigenvalue weighted by molar-refractivity contribution is -0.126. The first kappa shape index (κ1) is 14.1. The van der Waals surface area contributed by atoms with Crippen LogP contribution in [-0.2, 0) is 11.3 Å². The molecule has 1 aliphatic rings. The molecular formula is C15H19NO2S. The van der Waals surface area contributed by atoms with E-state index in [2.05, 4.69) is 24.1 Å². The number of aliphatic hydroxyl groups is 1. The van der Waals surface area contributed by atoms with E-state index in [1.807, 2.05) is 11.4 Å². The van der Waals surface area contributed by atoms with Gasteiger partial charge in [-0.25, -0.2) is 0 Å². The summed E-state index contributed by atoms with van der Waals surface area (Å²) in [5.41, 5.74) is 0.900. The SMILES string of the molecule is CC1CCCC1C(=O)NCc1cc(C#CCO)cs1. The minimum absolute atomic E-state index is 0.124. The van der Waals surface area contributed by atoms with Gasteiger partial charge in [0.25, 0.3) is 0 Å². The first-order chi connectivity index (χ1) is 9.20. The van der Waals surface area contributed by atoms with Crippen molar-refractivity contribution >= 4 is 17.2 Å². The van der Waals surface area contributed by atoms with E-state index < -0.39 is 0 Å². The smallest absolute Gasteiger partial charge is 0.223 e. The van der Waals surface area contributed by atoms with E-state index in [4.69, 9.17) is 5.11 Å². The van der Waals surface area contributed by atoms with E-state index in [1.165, 1.54) is 6.42 Å². The Labute approximate surface area is 118 Å². The summed E-state index contributed by atoms with van der Waals surface area (Å²) < 4.78 is 0. The number of aliphatic hydroxyl groups excluding tert-OH is 1. The van der Waals surface area contributed by atoms with Crippen molar-refractivity contribution in [3.8, 4) is 11.8 Å². The van der Waals surface area contributed by atoms with Gasteiger partial charge in [0.1, 0.15) is 6.61 Å². The Balaban J connectivity index is 1.85. The number of hydrogen-bond donors (Lipinski definition) is 2. The molecule has 1 saturated carbocycles. The van der Waals surface area contributed by atoms with Gasteiger partial charge in [0.2, 0.25) is 5.91 Å². The lowest BCUT2D eigenvalue weighted by atomic mass is 9.97. The summed E-state index contributed by atoms with van der Waals surface area (Å²) in [7, 11) is 0. The molecule has 1 fully saturated rings. The molecule has 3 nitrogen and oxygen atoms in total. The Morgan fingerprint density at radius 2 is 2.42 bits per heavy atom. The molecule has 0 bridgehead atoms. The van der Waals surface area contributed by atoms with Gasteiger partial charge < -0.3 is 10.4 Å². The molecule has 0 aromatic carbocycles. The summed E-state index contributed by atoms with van der Waals surface area (Å²) in [5, 5.41) is 13.6. The molecule has 0 aliphatic heterocycles. The molecule has 1 amide bonds. The van der Waals surface area contributed by atoms with Crippen LogP contribution in [0.4, 0.5) is 0 Å². The third-order valence-corrected chi connectivity index (χ3v) is 4.54. The second kappa shape index (κ2) is 6.74. The molecule has 2 unspecified atom stereocenters. The molecule has 2 rings (SSSR count). The largest absolute Gasteiger partial charge is 0.384 e. The number of thiophene rings is 1. The van der Waals surface area contributed by atoms with Gasteiger partial charge in [-0.1, -0.05) is 25.2 Å². The molecule has 4 heteroatoms. The fraction of sp³-hybridized carbons (Fsp3) is 0.533. The average molecular weight is 277 g/mol. The standard InChI is InChI=1S/C15H19NO2S/c1-11-4-2-6-14(11)15(18)16-9-13-8-12(10-19-13)5-3-7-17/h8,10-11,14,17H,2,4,6-7,9H2,1H3,(H,16,18). The van der Waals surface area contributed by atoms with E-state index in [1.54, 1.807) is 11.3 Å². The zero-order chi connectivity index (χ0) is 13.7. The second-order valence-corrected chi connectivity index (χ2v) is 5.99. The topological polar surface area (TPSA) is 49.3 Å². The fourth-order valence-electron chi connectivity index (χ4n) is 2.52. The predicted molar refractivity (Wildman–Crippen MR) is 76.6 cm³/mol. The summed E-state index contributed by atoms with van der Waals surface area (Å²) in [6, 6.07) is 1.96. The molecule has 2 atom stereocenters. The first-order valence-electron chi connectivity index (χ1n) is 6.65. The molecule has 1 heterocycles. The van der Waals surface area contributed by atoms with Crippen molar-refractivity contribution in [2.75, 3.05) is 6.61 Å². The van der Waals surface area contributed by atoms with Gasteiger partial charge in [-0.15, -0.1) is 11.3 Å². The van der Waals surface area contributed by atoms with Crippen LogP contribution in [0, 0.1) is 23.7 Å². The number of rotatable bonds is 3. The highest BCUT2D eigenvalue weighted by atomic mass is 32.1. The highest BCUT2D eigenvalue weighted by Gasteiger charge is 2.29. The molecular weight excluding hydrogens is 258 g/mol. The van der Waals surface area contributed by atoms with Gasteiger partial charge in [-0.05, 0) is 24.8 Å². The number of nitrogens with one attached hydrogen (secondary N) is 1. The van der Waals surface area contributed by atoms with Crippen LogP contribution in [0.3, 0.4) is 0 Å². The van der Waals surface area contributed by atoms with E-state index in [-0.39, 0.29) is 18.4 Å². The van der Waals surface area contributed by atoms with Crippen LogP contribution in [0.2, 0.25) is 0 Å². The molecule has 2 N–H and O–H groups in total. The maximum Gasteiger partial charge on any atom is 0.223 e. The quantitative estimate of drug-likeness (QED) is 0.832. The van der Waals surface area contributed by atoms with Gasteiger partial charge in [-0.2, -0.15) is 0 Å². The summed E-state index contributed by atoms with van der Waals surface area (Å²) >= 11 is 1.59. The molecule has 0 radical (unpaired) electrons. The predicted octanol–water partition coefficient (Wildman–Crippen LogP) is 2.14. The van der Waals surface area contributed by atoms with Crippen molar-refractivity contribution in [3.63, 3.8) is 0 Å². The van der Waals surface area contributed by atoms with Gasteiger partial charge in [0.05, 0.1) is 6.54 Å². The highest BCUT2D eigenvalue weighted by molar-refractivity contribution is 7.10. The number of carbonyl (C=O) groups excluding carboxylic acids is 1. The lowest BCUT2D eigenvalue weighted by Gasteiger charge is -2.14. The van der Waals surface area contributed by atoms with E-state index in [0.717, 1.165) is 23.3 Å². The minimum atomic E-state index is -0.124. The molecule has 1 aromatic rings. The van der Waals surface area contributed by atoms with Crippen molar-refractivity contribution in [2.45, 2.75) is 32.7 Å². The van der Waals surface area contributed by atoms with Gasteiger partial charge in [-0.3, -0.25) is 4.79 Å². The Hall–Kier alpha value is -1.31. The summed E-state index contributed by atoms with van der Waals surface area (Å²) in [5.74, 6) is 6.36. The van der Waals surface area contributed by atoms with E-state index >= 15 is 0 Å². The van der Waals surface area contributed by atoms with Gasteiger partial charge in [0.15, 0.2) is 0 Å². The second-order valence-electron chi connectivity index (χ2n) is 4.99. The Morgan fingerprint density at radius 1 is 1.58 bits per heavy atom. The van der Waals surface area contributed by atoms with Gasteiger partial charge in [0, 0.05) is 21.7 Å². The normalized spacial score (nSPS) is 21.8. The number of hydrogen-bond acceptors (Lipinski definition) is 3. The van der Waals surface area contributed by atoms with Gasteiger partial charge >= 0.3 is 0 Å². The summed E-state index contributed by atoms with van der Waals surface area (Å²) in [6.07, 6.45) is 3.35. The van der Waals surface area contributed by atoms with E-state index in [9.17, 15) is 4.79 Å². The Morgan fingerprint density at radius 3 is 3.11 bits per heavy atom. The average Bonchev–Trinajstić information content (AvgIpc) is 3.02. The molecule has 1 aliphatic carbocycles. The van der Waals surface area contributed by atoms with Crippen molar-refractivity contribution in [2.24, 2.45) is 11.8 Å². The van der Waals surface area contributed by atoms with Crippen molar-refractivity contribution < 1.29 is 9.90 Å². The van der Waals surface area contributed by atoms with Crippen LogP contribution in [0.5, 0.6) is 0 Å². The first-order valence-corrected chi connectivity index (χ1v) is 7.53.